The van der Waals surface area contributed by atoms with Crippen LogP contribution < -0.4 is 10.4 Å². The molecule has 1 amide bonds. The highest BCUT2D eigenvalue weighted by molar-refractivity contribution is 7.91. The molecule has 0 bridgehead atoms. The minimum atomic E-state index is -3.87. The number of nitrogens with zero attached hydrogens (tertiary/aromatic N) is 2. The smallest absolute Gasteiger partial charge is 0.265 e. The van der Waals surface area contributed by atoms with Crippen LogP contribution in [0.4, 0.5) is 5.69 Å². The lowest BCUT2D eigenvalue weighted by molar-refractivity contribution is -0.131. The summed E-state index contributed by atoms with van der Waals surface area (Å²) in [5.41, 5.74) is 6.29. The van der Waals surface area contributed by atoms with Crippen LogP contribution in [0.5, 0.6) is 0 Å². The lowest BCUT2D eigenvalue weighted by atomic mass is 10.0. The normalized spacial score (nSPS) is 16.6. The van der Waals surface area contributed by atoms with Crippen molar-refractivity contribution in [2.45, 2.75) is 45.8 Å². The first-order chi connectivity index (χ1) is 12.1. The minimum Gasteiger partial charge on any atom is -0.368 e. The highest BCUT2D eigenvalue weighted by Crippen LogP contribution is 2.29. The lowest BCUT2D eigenvalue weighted by Crippen LogP contribution is -2.58. The van der Waals surface area contributed by atoms with E-state index in [2.05, 4.69) is 37.8 Å². The van der Waals surface area contributed by atoms with Crippen molar-refractivity contribution in [3.63, 3.8) is 0 Å². The molecule has 7 nitrogen and oxygen atoms in total. The van der Waals surface area contributed by atoms with E-state index in [4.69, 9.17) is 5.21 Å². The molecule has 1 aromatic rings. The van der Waals surface area contributed by atoms with E-state index in [0.717, 1.165) is 12.1 Å². The van der Waals surface area contributed by atoms with Crippen molar-refractivity contribution in [2.24, 2.45) is 0 Å². The Balaban J connectivity index is 2.19. The van der Waals surface area contributed by atoms with Crippen molar-refractivity contribution in [1.82, 2.24) is 9.79 Å². The molecule has 0 aliphatic carbocycles. The number of nitrogens with one attached hydrogen (secondary N) is 1. The predicted molar refractivity (Wildman–Crippen MR) is 102 cm³/mol. The average molecular weight is 384 g/mol. The van der Waals surface area contributed by atoms with Gasteiger partial charge in [-0.3, -0.25) is 10.0 Å². The first-order valence-corrected chi connectivity index (χ1v) is 10.3. The maximum Gasteiger partial charge on any atom is 0.265 e. The molecule has 1 heterocycles. The largest absolute Gasteiger partial charge is 0.368 e. The van der Waals surface area contributed by atoms with Crippen molar-refractivity contribution in [3.8, 4) is 0 Å². The van der Waals surface area contributed by atoms with Crippen LogP contribution in [0.25, 0.3) is 0 Å². The predicted octanol–water partition coefficient (Wildman–Crippen LogP) is 1.60. The summed E-state index contributed by atoms with van der Waals surface area (Å²) < 4.78 is 25.2. The molecule has 146 valence electrons. The standard InChI is InChI=1S/C18H29N3O4S/c1-6-15-11-13(2)16(14(3)12-15)20-7-9-21(10-8-20)26(24,25)18(4,5)17(22)19-23/h11-12,23H,6-10H2,1-5H3,(H,19,22). The maximum atomic E-state index is 12.8. The number of anilines is 1. The molecule has 8 heteroatoms. The SMILES string of the molecule is CCc1cc(C)c(N2CCN(S(=O)(=O)C(C)(C)C(=O)NO)CC2)c(C)c1. The molecule has 1 aliphatic rings. The van der Waals surface area contributed by atoms with Gasteiger partial charge in [-0.25, -0.2) is 13.9 Å². The summed E-state index contributed by atoms with van der Waals surface area (Å²) in [4.78, 5) is 14.0. The second kappa shape index (κ2) is 7.54. The van der Waals surface area contributed by atoms with E-state index in [1.807, 2.05) is 0 Å². The van der Waals surface area contributed by atoms with Gasteiger partial charge in [0.2, 0.25) is 10.0 Å². The summed E-state index contributed by atoms with van der Waals surface area (Å²) in [6.07, 6.45) is 0.982. The molecule has 2 N–H and O–H groups in total. The van der Waals surface area contributed by atoms with Crippen LogP contribution in [-0.2, 0) is 21.2 Å². The Bertz CT molecular complexity index is 759. The van der Waals surface area contributed by atoms with E-state index < -0.39 is 20.7 Å². The molecule has 2 rings (SSSR count). The van der Waals surface area contributed by atoms with Crippen LogP contribution in [0.3, 0.4) is 0 Å². The van der Waals surface area contributed by atoms with Crippen molar-refractivity contribution in [1.29, 1.82) is 0 Å². The third kappa shape index (κ3) is 3.58. The quantitative estimate of drug-likeness (QED) is 0.595. The van der Waals surface area contributed by atoms with Gasteiger partial charge in [0, 0.05) is 31.9 Å². The molecule has 1 saturated heterocycles. The van der Waals surface area contributed by atoms with Crippen molar-refractivity contribution in [3.05, 3.63) is 28.8 Å². The van der Waals surface area contributed by atoms with Gasteiger partial charge in [-0.2, -0.15) is 4.31 Å². The summed E-state index contributed by atoms with van der Waals surface area (Å²) in [6, 6.07) is 4.36. The van der Waals surface area contributed by atoms with Crippen LogP contribution in [0.2, 0.25) is 0 Å². The fraction of sp³-hybridized carbons (Fsp3) is 0.611. The molecule has 26 heavy (non-hydrogen) atoms. The Morgan fingerprint density at radius 2 is 1.65 bits per heavy atom. The number of sulfonamides is 1. The molecule has 0 spiro atoms. The molecule has 0 unspecified atom stereocenters. The van der Waals surface area contributed by atoms with Gasteiger partial charge in [-0.05, 0) is 50.8 Å². The second-order valence-electron chi connectivity index (χ2n) is 7.27. The maximum absolute atomic E-state index is 12.8. The van der Waals surface area contributed by atoms with Gasteiger partial charge in [0.1, 0.15) is 0 Å². The fourth-order valence-corrected chi connectivity index (χ4v) is 5.04. The number of carbonyl (C=O) groups is 1. The molecule has 1 fully saturated rings. The molecular weight excluding hydrogens is 354 g/mol. The Morgan fingerprint density at radius 1 is 1.15 bits per heavy atom. The number of piperazine rings is 1. The van der Waals surface area contributed by atoms with Crippen LogP contribution in [0.15, 0.2) is 12.1 Å². The van der Waals surface area contributed by atoms with E-state index in [1.165, 1.54) is 40.3 Å². The molecule has 0 atom stereocenters. The number of aryl methyl sites for hydroxylation is 3. The number of benzene rings is 1. The van der Waals surface area contributed by atoms with Crippen LogP contribution in [0, 0.1) is 13.8 Å². The number of amides is 1. The van der Waals surface area contributed by atoms with Crippen molar-refractivity contribution in [2.75, 3.05) is 31.1 Å². The lowest BCUT2D eigenvalue weighted by Gasteiger charge is -2.39. The van der Waals surface area contributed by atoms with Gasteiger partial charge < -0.3 is 4.90 Å². The monoisotopic (exact) mass is 383 g/mol. The van der Waals surface area contributed by atoms with E-state index in [9.17, 15) is 13.2 Å². The van der Waals surface area contributed by atoms with Crippen molar-refractivity contribution < 1.29 is 18.4 Å². The van der Waals surface area contributed by atoms with Gasteiger partial charge in [0.05, 0.1) is 0 Å². The van der Waals surface area contributed by atoms with Crippen LogP contribution >= 0.6 is 0 Å². The van der Waals surface area contributed by atoms with Crippen LogP contribution in [0.1, 0.15) is 37.5 Å². The van der Waals surface area contributed by atoms with Gasteiger partial charge in [-0.15, -0.1) is 0 Å². The van der Waals surface area contributed by atoms with Crippen molar-refractivity contribution >= 4 is 21.6 Å². The van der Waals surface area contributed by atoms with E-state index >= 15 is 0 Å². The van der Waals surface area contributed by atoms with Gasteiger partial charge in [0.15, 0.2) is 4.75 Å². The fourth-order valence-electron chi connectivity index (χ4n) is 3.48. The highest BCUT2D eigenvalue weighted by atomic mass is 32.2. The van der Waals surface area contributed by atoms with Gasteiger partial charge >= 0.3 is 0 Å². The Morgan fingerprint density at radius 3 is 2.08 bits per heavy atom. The number of rotatable bonds is 5. The Hall–Kier alpha value is -1.64. The van der Waals surface area contributed by atoms with Gasteiger partial charge in [0.25, 0.3) is 5.91 Å². The number of hydrogen-bond acceptors (Lipinski definition) is 5. The summed E-state index contributed by atoms with van der Waals surface area (Å²) >= 11 is 0. The van der Waals surface area contributed by atoms with E-state index in [0.29, 0.717) is 26.2 Å². The first-order valence-electron chi connectivity index (χ1n) is 8.85. The Kier molecular flexibility index (Phi) is 5.99. The minimum absolute atomic E-state index is 0.304. The molecule has 1 aromatic carbocycles. The zero-order chi connectivity index (χ0) is 19.7. The number of hydroxylamine groups is 1. The third-order valence-corrected chi connectivity index (χ3v) is 7.67. The number of hydrogen-bond donors (Lipinski definition) is 2. The van der Waals surface area contributed by atoms with Gasteiger partial charge in [-0.1, -0.05) is 19.1 Å². The molecule has 0 aromatic heterocycles. The molecule has 0 radical (unpaired) electrons. The molecule has 0 saturated carbocycles. The topological polar surface area (TPSA) is 90.0 Å². The summed E-state index contributed by atoms with van der Waals surface area (Å²) in [5, 5.41) is 8.84. The van der Waals surface area contributed by atoms with E-state index in [-0.39, 0.29) is 0 Å². The second-order valence-corrected chi connectivity index (χ2v) is 9.76. The van der Waals surface area contributed by atoms with E-state index in [1.54, 1.807) is 0 Å². The summed E-state index contributed by atoms with van der Waals surface area (Å²) in [6.45, 7) is 10.6. The zero-order valence-electron chi connectivity index (χ0n) is 16.2. The number of carbonyl (C=O) groups excluding carboxylic acids is 1. The molecule has 1 aliphatic heterocycles. The Labute approximate surface area is 156 Å². The summed E-state index contributed by atoms with van der Waals surface area (Å²) in [7, 11) is -3.87. The third-order valence-electron chi connectivity index (χ3n) is 5.15. The summed E-state index contributed by atoms with van der Waals surface area (Å²) in [5.74, 6) is -0.929. The highest BCUT2D eigenvalue weighted by Gasteiger charge is 2.46. The van der Waals surface area contributed by atoms with Crippen LogP contribution in [-0.4, -0.2) is 54.8 Å². The first kappa shape index (κ1) is 20.7. The average Bonchev–Trinajstić information content (AvgIpc) is 2.60. The molecular formula is C18H29N3O4S. The zero-order valence-corrected chi connectivity index (χ0v) is 17.0.